The number of para-hydroxylation sites is 1. The number of ether oxygens (including phenoxy) is 2. The summed E-state index contributed by atoms with van der Waals surface area (Å²) >= 11 is 0. The van der Waals surface area contributed by atoms with Gasteiger partial charge in [0.1, 0.15) is 22.9 Å². The van der Waals surface area contributed by atoms with E-state index in [2.05, 4.69) is 0 Å². The Bertz CT molecular complexity index is 1080. The maximum absolute atomic E-state index is 13.1. The van der Waals surface area contributed by atoms with Crippen molar-refractivity contribution in [2.24, 2.45) is 0 Å². The van der Waals surface area contributed by atoms with Gasteiger partial charge < -0.3 is 19.5 Å². The first-order valence-electron chi connectivity index (χ1n) is 10.7. The molecule has 0 aliphatic carbocycles. The second kappa shape index (κ2) is 11.7. The standard InChI is InChI=1S/C26H26FNO5/c1-2-28(17-20-10-12-21(27)13-11-20)25(29)18-33-22-7-5-6-19(16-22)14-15-32-24-9-4-3-8-23(24)26(30)31/h3-13,16H,2,14-15,17-18H2,1H3,(H,30,31). The Kier molecular flexibility index (Phi) is 8.41. The lowest BCUT2D eigenvalue weighted by molar-refractivity contribution is -0.133. The molecule has 0 aliphatic rings. The van der Waals surface area contributed by atoms with Gasteiger partial charge in [-0.1, -0.05) is 36.4 Å². The Morgan fingerprint density at radius 3 is 2.42 bits per heavy atom. The fraction of sp³-hybridized carbons (Fsp3) is 0.231. The van der Waals surface area contributed by atoms with Gasteiger partial charge >= 0.3 is 5.97 Å². The Hall–Kier alpha value is -3.87. The van der Waals surface area contributed by atoms with Gasteiger partial charge in [0.25, 0.3) is 5.91 Å². The van der Waals surface area contributed by atoms with E-state index < -0.39 is 5.97 Å². The van der Waals surface area contributed by atoms with Gasteiger partial charge in [-0.05, 0) is 54.4 Å². The van der Waals surface area contributed by atoms with Crippen molar-refractivity contribution < 1.29 is 28.6 Å². The van der Waals surface area contributed by atoms with Gasteiger partial charge in [0.2, 0.25) is 0 Å². The first kappa shape index (κ1) is 23.8. The summed E-state index contributed by atoms with van der Waals surface area (Å²) in [4.78, 5) is 25.5. The minimum absolute atomic E-state index is 0.110. The predicted octanol–water partition coefficient (Wildman–Crippen LogP) is 4.57. The molecule has 0 spiro atoms. The van der Waals surface area contributed by atoms with Crippen LogP contribution in [0.25, 0.3) is 0 Å². The molecule has 172 valence electrons. The molecule has 6 nitrogen and oxygen atoms in total. The van der Waals surface area contributed by atoms with E-state index in [1.165, 1.54) is 18.2 Å². The Morgan fingerprint density at radius 1 is 0.939 bits per heavy atom. The summed E-state index contributed by atoms with van der Waals surface area (Å²) in [6.45, 7) is 2.96. The van der Waals surface area contributed by atoms with Crippen molar-refractivity contribution in [3.05, 3.63) is 95.3 Å². The molecule has 0 radical (unpaired) electrons. The van der Waals surface area contributed by atoms with Crippen LogP contribution in [-0.4, -0.2) is 41.6 Å². The monoisotopic (exact) mass is 451 g/mol. The molecule has 0 atom stereocenters. The van der Waals surface area contributed by atoms with E-state index in [0.29, 0.717) is 37.6 Å². The molecule has 3 rings (SSSR count). The molecule has 0 saturated carbocycles. The lowest BCUT2D eigenvalue weighted by Gasteiger charge is -2.21. The van der Waals surface area contributed by atoms with Crippen molar-refractivity contribution in [2.75, 3.05) is 19.8 Å². The minimum atomic E-state index is -1.04. The molecular formula is C26H26FNO5. The van der Waals surface area contributed by atoms with Crippen LogP contribution >= 0.6 is 0 Å². The van der Waals surface area contributed by atoms with Gasteiger partial charge in [0.15, 0.2) is 6.61 Å². The van der Waals surface area contributed by atoms with Crippen LogP contribution in [0, 0.1) is 5.82 Å². The summed E-state index contributed by atoms with van der Waals surface area (Å²) in [5, 5.41) is 9.23. The fourth-order valence-corrected chi connectivity index (χ4v) is 3.26. The van der Waals surface area contributed by atoms with E-state index in [0.717, 1.165) is 11.1 Å². The molecule has 1 amide bonds. The number of halogens is 1. The van der Waals surface area contributed by atoms with Crippen molar-refractivity contribution in [3.8, 4) is 11.5 Å². The minimum Gasteiger partial charge on any atom is -0.492 e. The van der Waals surface area contributed by atoms with Crippen molar-refractivity contribution in [1.29, 1.82) is 0 Å². The highest BCUT2D eigenvalue weighted by atomic mass is 19.1. The zero-order valence-electron chi connectivity index (χ0n) is 18.4. The summed E-state index contributed by atoms with van der Waals surface area (Å²) in [6.07, 6.45) is 0.546. The summed E-state index contributed by atoms with van der Waals surface area (Å²) in [5.41, 5.74) is 1.90. The van der Waals surface area contributed by atoms with E-state index >= 15 is 0 Å². The highest BCUT2D eigenvalue weighted by Crippen LogP contribution is 2.19. The Morgan fingerprint density at radius 2 is 1.70 bits per heavy atom. The quantitative estimate of drug-likeness (QED) is 0.462. The Labute approximate surface area is 192 Å². The van der Waals surface area contributed by atoms with Gasteiger partial charge in [0.05, 0.1) is 6.61 Å². The van der Waals surface area contributed by atoms with Crippen LogP contribution in [-0.2, 0) is 17.8 Å². The number of amides is 1. The van der Waals surface area contributed by atoms with Gasteiger partial charge in [-0.15, -0.1) is 0 Å². The number of carboxylic acids is 1. The lowest BCUT2D eigenvalue weighted by atomic mass is 10.1. The molecule has 0 heterocycles. The molecule has 0 fully saturated rings. The highest BCUT2D eigenvalue weighted by Gasteiger charge is 2.14. The smallest absolute Gasteiger partial charge is 0.339 e. The zero-order chi connectivity index (χ0) is 23.6. The van der Waals surface area contributed by atoms with Crippen molar-refractivity contribution >= 4 is 11.9 Å². The maximum atomic E-state index is 13.1. The summed E-state index contributed by atoms with van der Waals surface area (Å²) in [7, 11) is 0. The van der Waals surface area contributed by atoms with Crippen LogP contribution in [0.2, 0.25) is 0 Å². The summed E-state index contributed by atoms with van der Waals surface area (Å²) < 4.78 is 24.4. The molecule has 0 saturated heterocycles. The SMILES string of the molecule is CCN(Cc1ccc(F)cc1)C(=O)COc1cccc(CCOc2ccccc2C(=O)O)c1. The van der Waals surface area contributed by atoms with E-state index in [4.69, 9.17) is 9.47 Å². The summed E-state index contributed by atoms with van der Waals surface area (Å²) in [6, 6.07) is 19.9. The van der Waals surface area contributed by atoms with E-state index in [1.807, 2.05) is 25.1 Å². The number of aromatic carboxylic acids is 1. The average Bonchev–Trinajstić information content (AvgIpc) is 2.82. The van der Waals surface area contributed by atoms with Gasteiger partial charge in [-0.3, -0.25) is 4.79 Å². The molecule has 0 unspecified atom stereocenters. The second-order valence-corrected chi connectivity index (χ2v) is 7.37. The van der Waals surface area contributed by atoms with Crippen molar-refractivity contribution in [3.63, 3.8) is 0 Å². The average molecular weight is 451 g/mol. The second-order valence-electron chi connectivity index (χ2n) is 7.37. The maximum Gasteiger partial charge on any atom is 0.339 e. The number of carbonyl (C=O) groups is 2. The van der Waals surface area contributed by atoms with Crippen LogP contribution in [0.3, 0.4) is 0 Å². The van der Waals surface area contributed by atoms with Crippen LogP contribution in [0.15, 0.2) is 72.8 Å². The number of carboxylic acid groups (broad SMARTS) is 1. The number of carbonyl (C=O) groups excluding carboxylic acids is 1. The number of hydrogen-bond acceptors (Lipinski definition) is 4. The topological polar surface area (TPSA) is 76.1 Å². The predicted molar refractivity (Wildman–Crippen MR) is 122 cm³/mol. The van der Waals surface area contributed by atoms with E-state index in [9.17, 15) is 19.1 Å². The van der Waals surface area contributed by atoms with Crippen LogP contribution < -0.4 is 9.47 Å². The molecule has 0 aliphatic heterocycles. The molecule has 3 aromatic carbocycles. The first-order chi connectivity index (χ1) is 16.0. The number of nitrogens with zero attached hydrogens (tertiary/aromatic N) is 1. The van der Waals surface area contributed by atoms with Gasteiger partial charge in [0, 0.05) is 19.5 Å². The Balaban J connectivity index is 1.51. The molecule has 7 heteroatoms. The van der Waals surface area contributed by atoms with Crippen LogP contribution in [0.4, 0.5) is 4.39 Å². The fourth-order valence-electron chi connectivity index (χ4n) is 3.26. The molecule has 3 aromatic rings. The van der Waals surface area contributed by atoms with Gasteiger partial charge in [-0.25, -0.2) is 9.18 Å². The van der Waals surface area contributed by atoms with E-state index in [-0.39, 0.29) is 23.9 Å². The molecular weight excluding hydrogens is 425 g/mol. The molecule has 1 N–H and O–H groups in total. The van der Waals surface area contributed by atoms with E-state index in [1.54, 1.807) is 41.3 Å². The summed E-state index contributed by atoms with van der Waals surface area (Å²) in [5.74, 6) is -0.631. The van der Waals surface area contributed by atoms with Crippen molar-refractivity contribution in [2.45, 2.75) is 19.9 Å². The number of hydrogen-bond donors (Lipinski definition) is 1. The van der Waals surface area contributed by atoms with Crippen molar-refractivity contribution in [1.82, 2.24) is 4.90 Å². The van der Waals surface area contributed by atoms with Crippen LogP contribution in [0.5, 0.6) is 11.5 Å². The largest absolute Gasteiger partial charge is 0.492 e. The normalized spacial score (nSPS) is 10.5. The third-order valence-corrected chi connectivity index (χ3v) is 5.05. The number of benzene rings is 3. The number of likely N-dealkylation sites (N-methyl/N-ethyl adjacent to an activating group) is 1. The number of rotatable bonds is 11. The third kappa shape index (κ3) is 7.07. The first-order valence-corrected chi connectivity index (χ1v) is 10.7. The molecule has 0 bridgehead atoms. The molecule has 33 heavy (non-hydrogen) atoms. The third-order valence-electron chi connectivity index (χ3n) is 5.05. The van der Waals surface area contributed by atoms with Crippen LogP contribution in [0.1, 0.15) is 28.4 Å². The molecule has 0 aromatic heterocycles. The lowest BCUT2D eigenvalue weighted by Crippen LogP contribution is -2.34. The zero-order valence-corrected chi connectivity index (χ0v) is 18.4. The van der Waals surface area contributed by atoms with Gasteiger partial charge in [-0.2, -0.15) is 0 Å². The highest BCUT2D eigenvalue weighted by molar-refractivity contribution is 5.90.